The molecule has 0 unspecified atom stereocenters. The third-order valence-electron chi connectivity index (χ3n) is 3.89. The molecule has 2 rings (SSSR count). The molecule has 0 radical (unpaired) electrons. The van der Waals surface area contributed by atoms with Crippen LogP contribution < -0.4 is 10.6 Å². The third-order valence-corrected chi connectivity index (χ3v) is 3.89. The van der Waals surface area contributed by atoms with Crippen molar-refractivity contribution in [1.82, 2.24) is 0 Å². The predicted molar refractivity (Wildman–Crippen MR) is 70.1 cm³/mol. The number of halogens is 3. The van der Waals surface area contributed by atoms with E-state index in [1.54, 1.807) is 0 Å². The summed E-state index contributed by atoms with van der Waals surface area (Å²) in [6.45, 7) is 0. The van der Waals surface area contributed by atoms with Gasteiger partial charge in [-0.1, -0.05) is 0 Å². The molecule has 2 nitrogen and oxygen atoms in total. The molecule has 0 aliphatic heterocycles. The number of benzene rings is 1. The molecule has 1 aromatic carbocycles. The van der Waals surface area contributed by atoms with Crippen molar-refractivity contribution in [2.45, 2.75) is 43.9 Å². The first kappa shape index (κ1) is 14.2. The molecule has 1 saturated carbocycles. The largest absolute Gasteiger partial charge is 0.416 e. The molecule has 5 heteroatoms. The van der Waals surface area contributed by atoms with Gasteiger partial charge in [-0.05, 0) is 49.9 Å². The number of nitrogens with zero attached hydrogens (tertiary/aromatic N) is 1. The molecule has 1 aliphatic carbocycles. The molecule has 1 aliphatic rings. The van der Waals surface area contributed by atoms with Gasteiger partial charge in [0.1, 0.15) is 0 Å². The van der Waals surface area contributed by atoms with E-state index in [4.69, 9.17) is 5.73 Å². The SMILES string of the molecule is CN(c1ccc(C(F)(F)F)cc1)C1CCC(N)CC1. The molecule has 0 aromatic heterocycles. The van der Waals surface area contributed by atoms with Gasteiger partial charge in [-0.15, -0.1) is 0 Å². The summed E-state index contributed by atoms with van der Waals surface area (Å²) in [5.74, 6) is 0. The minimum absolute atomic E-state index is 0.275. The lowest BCUT2D eigenvalue weighted by molar-refractivity contribution is -0.137. The van der Waals surface area contributed by atoms with Crippen LogP contribution in [-0.2, 0) is 6.18 Å². The molecule has 0 heterocycles. The standard InChI is InChI=1S/C14H19F3N2/c1-19(13-8-4-11(18)5-9-13)12-6-2-10(3-7-12)14(15,16)17/h2-3,6-7,11,13H,4-5,8-9,18H2,1H3. The van der Waals surface area contributed by atoms with Crippen molar-refractivity contribution in [2.75, 3.05) is 11.9 Å². The van der Waals surface area contributed by atoms with Crippen molar-refractivity contribution < 1.29 is 13.2 Å². The van der Waals surface area contributed by atoms with Crippen LogP contribution in [0.2, 0.25) is 0 Å². The van der Waals surface area contributed by atoms with Crippen molar-refractivity contribution >= 4 is 5.69 Å². The topological polar surface area (TPSA) is 29.3 Å². The van der Waals surface area contributed by atoms with Crippen LogP contribution in [0.4, 0.5) is 18.9 Å². The van der Waals surface area contributed by atoms with Gasteiger partial charge in [0.25, 0.3) is 0 Å². The van der Waals surface area contributed by atoms with Gasteiger partial charge in [-0.3, -0.25) is 0 Å². The Bertz CT molecular complexity index is 406. The summed E-state index contributed by atoms with van der Waals surface area (Å²) < 4.78 is 37.5. The zero-order chi connectivity index (χ0) is 14.0. The molecular formula is C14H19F3N2. The van der Waals surface area contributed by atoms with E-state index in [1.807, 2.05) is 7.05 Å². The maximum absolute atomic E-state index is 12.5. The molecule has 0 saturated heterocycles. The first-order valence-corrected chi connectivity index (χ1v) is 6.53. The Morgan fingerprint density at radius 3 is 2.05 bits per heavy atom. The first-order chi connectivity index (χ1) is 8.88. The second kappa shape index (κ2) is 5.41. The van der Waals surface area contributed by atoms with Crippen LogP contribution in [0.3, 0.4) is 0 Å². The summed E-state index contributed by atoms with van der Waals surface area (Å²) in [4.78, 5) is 2.06. The lowest BCUT2D eigenvalue weighted by Crippen LogP contribution is -2.38. The number of hydrogen-bond acceptors (Lipinski definition) is 2. The van der Waals surface area contributed by atoms with Crippen LogP contribution in [0.15, 0.2) is 24.3 Å². The summed E-state index contributed by atoms with van der Waals surface area (Å²) in [5, 5.41) is 0. The Morgan fingerprint density at radius 2 is 1.58 bits per heavy atom. The highest BCUT2D eigenvalue weighted by molar-refractivity contribution is 5.48. The molecule has 0 amide bonds. The van der Waals surface area contributed by atoms with E-state index in [9.17, 15) is 13.2 Å². The lowest BCUT2D eigenvalue weighted by atomic mass is 9.90. The number of hydrogen-bond donors (Lipinski definition) is 1. The van der Waals surface area contributed by atoms with Gasteiger partial charge in [-0.25, -0.2) is 0 Å². The average molecular weight is 272 g/mol. The minimum Gasteiger partial charge on any atom is -0.372 e. The fraction of sp³-hybridized carbons (Fsp3) is 0.571. The highest BCUT2D eigenvalue weighted by Gasteiger charge is 2.30. The van der Waals surface area contributed by atoms with Gasteiger partial charge in [0.15, 0.2) is 0 Å². The third kappa shape index (κ3) is 3.41. The number of nitrogens with two attached hydrogens (primary N) is 1. The Labute approximate surface area is 111 Å². The zero-order valence-corrected chi connectivity index (χ0v) is 11.0. The number of anilines is 1. The summed E-state index contributed by atoms with van der Waals surface area (Å²) in [6, 6.07) is 6.00. The van der Waals surface area contributed by atoms with Crippen LogP contribution in [-0.4, -0.2) is 19.1 Å². The van der Waals surface area contributed by atoms with Crippen molar-refractivity contribution in [2.24, 2.45) is 5.73 Å². The molecule has 1 aromatic rings. The molecule has 0 bridgehead atoms. The molecule has 1 fully saturated rings. The smallest absolute Gasteiger partial charge is 0.372 e. The maximum Gasteiger partial charge on any atom is 0.416 e. The second-order valence-corrected chi connectivity index (χ2v) is 5.22. The molecular weight excluding hydrogens is 253 g/mol. The minimum atomic E-state index is -4.27. The number of rotatable bonds is 2. The monoisotopic (exact) mass is 272 g/mol. The Hall–Kier alpha value is -1.23. The Balaban J connectivity index is 2.05. The van der Waals surface area contributed by atoms with E-state index in [0.717, 1.165) is 43.5 Å². The van der Waals surface area contributed by atoms with Crippen molar-refractivity contribution in [1.29, 1.82) is 0 Å². The van der Waals surface area contributed by atoms with Crippen LogP contribution in [0.5, 0.6) is 0 Å². The summed E-state index contributed by atoms with van der Waals surface area (Å²) in [7, 11) is 1.93. The summed E-state index contributed by atoms with van der Waals surface area (Å²) in [6.07, 6.45) is -0.308. The van der Waals surface area contributed by atoms with Crippen molar-refractivity contribution in [3.8, 4) is 0 Å². The van der Waals surface area contributed by atoms with Gasteiger partial charge < -0.3 is 10.6 Å². The van der Waals surface area contributed by atoms with E-state index >= 15 is 0 Å². The average Bonchev–Trinajstić information content (AvgIpc) is 2.38. The fourth-order valence-corrected chi connectivity index (χ4v) is 2.59. The Morgan fingerprint density at radius 1 is 1.05 bits per heavy atom. The summed E-state index contributed by atoms with van der Waals surface area (Å²) in [5.41, 5.74) is 6.09. The predicted octanol–water partition coefficient (Wildman–Crippen LogP) is 3.41. The molecule has 19 heavy (non-hydrogen) atoms. The molecule has 2 N–H and O–H groups in total. The first-order valence-electron chi connectivity index (χ1n) is 6.53. The summed E-state index contributed by atoms with van der Waals surface area (Å²) >= 11 is 0. The number of alkyl halides is 3. The Kier molecular flexibility index (Phi) is 4.04. The van der Waals surface area contributed by atoms with Crippen LogP contribution >= 0.6 is 0 Å². The second-order valence-electron chi connectivity index (χ2n) is 5.22. The lowest BCUT2D eigenvalue weighted by Gasteiger charge is -2.35. The van der Waals surface area contributed by atoms with E-state index in [1.165, 1.54) is 12.1 Å². The normalized spacial score (nSPS) is 24.3. The van der Waals surface area contributed by atoms with E-state index in [2.05, 4.69) is 4.90 Å². The zero-order valence-electron chi connectivity index (χ0n) is 11.0. The molecule has 0 atom stereocenters. The fourth-order valence-electron chi connectivity index (χ4n) is 2.59. The quantitative estimate of drug-likeness (QED) is 0.894. The van der Waals surface area contributed by atoms with Gasteiger partial charge in [-0.2, -0.15) is 13.2 Å². The van der Waals surface area contributed by atoms with Crippen molar-refractivity contribution in [3.63, 3.8) is 0 Å². The van der Waals surface area contributed by atoms with E-state index in [0.29, 0.717) is 6.04 Å². The van der Waals surface area contributed by atoms with Gasteiger partial charge in [0, 0.05) is 24.8 Å². The molecule has 0 spiro atoms. The van der Waals surface area contributed by atoms with E-state index in [-0.39, 0.29) is 6.04 Å². The highest BCUT2D eigenvalue weighted by atomic mass is 19.4. The van der Waals surface area contributed by atoms with Crippen LogP contribution in [0.1, 0.15) is 31.2 Å². The highest BCUT2D eigenvalue weighted by Crippen LogP contribution is 2.31. The van der Waals surface area contributed by atoms with Gasteiger partial charge >= 0.3 is 6.18 Å². The van der Waals surface area contributed by atoms with E-state index < -0.39 is 11.7 Å². The van der Waals surface area contributed by atoms with Crippen LogP contribution in [0.25, 0.3) is 0 Å². The van der Waals surface area contributed by atoms with Gasteiger partial charge in [0.05, 0.1) is 5.56 Å². The molecule has 106 valence electrons. The maximum atomic E-state index is 12.5. The van der Waals surface area contributed by atoms with Crippen molar-refractivity contribution in [3.05, 3.63) is 29.8 Å². The van der Waals surface area contributed by atoms with Crippen LogP contribution in [0, 0.1) is 0 Å². The van der Waals surface area contributed by atoms with Gasteiger partial charge in [0.2, 0.25) is 0 Å².